The van der Waals surface area contributed by atoms with Crippen LogP contribution in [0.5, 0.6) is 0 Å². The summed E-state index contributed by atoms with van der Waals surface area (Å²) >= 11 is 0. The molecular formula is C16H17FO. The summed E-state index contributed by atoms with van der Waals surface area (Å²) in [5, 5.41) is 9.30. The average Bonchev–Trinajstić information content (AvgIpc) is 2.34. The fourth-order valence-corrected chi connectivity index (χ4v) is 1.53. The van der Waals surface area contributed by atoms with Gasteiger partial charge in [-0.1, -0.05) is 57.0 Å². The van der Waals surface area contributed by atoms with Crippen LogP contribution in [0.3, 0.4) is 0 Å². The van der Waals surface area contributed by atoms with E-state index in [1.165, 1.54) is 6.07 Å². The van der Waals surface area contributed by atoms with Gasteiger partial charge in [-0.05, 0) is 17.2 Å². The molecule has 0 aliphatic rings. The van der Waals surface area contributed by atoms with Crippen molar-refractivity contribution in [2.75, 3.05) is 0 Å². The van der Waals surface area contributed by atoms with Crippen LogP contribution in [0.2, 0.25) is 0 Å². The molecule has 0 aliphatic carbocycles. The molecule has 1 aromatic carbocycles. The van der Waals surface area contributed by atoms with Crippen LogP contribution in [0.15, 0.2) is 61.9 Å². The van der Waals surface area contributed by atoms with Crippen molar-refractivity contribution in [3.05, 3.63) is 78.9 Å². The second-order valence-electron chi connectivity index (χ2n) is 4.07. The highest BCUT2D eigenvalue weighted by Crippen LogP contribution is 2.25. The van der Waals surface area contributed by atoms with Crippen LogP contribution in [-0.4, -0.2) is 5.11 Å². The lowest BCUT2D eigenvalue weighted by atomic mass is 9.96. The van der Waals surface area contributed by atoms with Crippen LogP contribution in [0.25, 0.3) is 5.57 Å². The third-order valence-corrected chi connectivity index (χ3v) is 2.77. The van der Waals surface area contributed by atoms with Crippen LogP contribution in [0.4, 0.5) is 4.39 Å². The van der Waals surface area contributed by atoms with Gasteiger partial charge in [0.2, 0.25) is 0 Å². The molecule has 1 N–H and O–H groups in total. The van der Waals surface area contributed by atoms with Crippen molar-refractivity contribution in [1.29, 1.82) is 0 Å². The van der Waals surface area contributed by atoms with E-state index in [2.05, 4.69) is 19.7 Å². The normalized spacial score (nSPS) is 12.3. The molecule has 0 bridgehead atoms. The molecule has 0 saturated carbocycles. The summed E-state index contributed by atoms with van der Waals surface area (Å²) in [7, 11) is 0. The smallest absolute Gasteiger partial charge is 0.131 e. The molecular weight excluding hydrogens is 227 g/mol. The van der Waals surface area contributed by atoms with E-state index < -0.39 is 0 Å². The quantitative estimate of drug-likeness (QED) is 0.585. The Hall–Kier alpha value is -2.09. The van der Waals surface area contributed by atoms with E-state index in [0.717, 1.165) is 0 Å². The molecule has 0 saturated heterocycles. The summed E-state index contributed by atoms with van der Waals surface area (Å²) in [6.07, 6.45) is 5.00. The van der Waals surface area contributed by atoms with Gasteiger partial charge in [0.25, 0.3) is 0 Å². The van der Waals surface area contributed by atoms with Gasteiger partial charge in [0.15, 0.2) is 0 Å². The first-order chi connectivity index (χ1) is 8.47. The van der Waals surface area contributed by atoms with E-state index in [1.54, 1.807) is 37.3 Å². The summed E-state index contributed by atoms with van der Waals surface area (Å²) in [4.78, 5) is 0. The lowest BCUT2D eigenvalue weighted by Gasteiger charge is -2.12. The maximum Gasteiger partial charge on any atom is 0.131 e. The molecule has 18 heavy (non-hydrogen) atoms. The molecule has 1 rings (SSSR count). The van der Waals surface area contributed by atoms with E-state index >= 15 is 0 Å². The molecule has 0 radical (unpaired) electrons. The summed E-state index contributed by atoms with van der Waals surface area (Å²) in [5.41, 5.74) is 1.70. The summed E-state index contributed by atoms with van der Waals surface area (Å²) in [5.74, 6) is -0.627. The topological polar surface area (TPSA) is 20.2 Å². The lowest BCUT2D eigenvalue weighted by Crippen LogP contribution is -1.98. The highest BCUT2D eigenvalue weighted by molar-refractivity contribution is 5.72. The maximum atomic E-state index is 13.9. The number of aliphatic hydroxyl groups excluding tert-OH is 1. The highest BCUT2D eigenvalue weighted by Gasteiger charge is 2.12. The molecule has 1 unspecified atom stereocenters. The molecule has 0 fully saturated rings. The highest BCUT2D eigenvalue weighted by atomic mass is 19.1. The van der Waals surface area contributed by atoms with Crippen LogP contribution in [0, 0.1) is 5.82 Å². The Bertz CT molecular complexity index is 512. The number of aliphatic hydroxyl groups is 1. The number of hydrogen-bond donors (Lipinski definition) is 1. The standard InChI is InChI=1S/C16H17FO/c1-5-6-7-11(2)15-9-8-14(10-16(15)17)12(3)13(4)18/h5-10,12,18H,1-2,4H2,3H3/b7-6-. The fraction of sp³-hybridized carbons (Fsp3) is 0.125. The van der Waals surface area contributed by atoms with Gasteiger partial charge in [-0.25, -0.2) is 4.39 Å². The first kappa shape index (κ1) is 14.0. The summed E-state index contributed by atoms with van der Waals surface area (Å²) in [6.45, 7) is 12.6. The maximum absolute atomic E-state index is 13.9. The van der Waals surface area contributed by atoms with Gasteiger partial charge >= 0.3 is 0 Å². The Morgan fingerprint density at radius 3 is 2.56 bits per heavy atom. The second-order valence-corrected chi connectivity index (χ2v) is 4.07. The zero-order chi connectivity index (χ0) is 13.7. The van der Waals surface area contributed by atoms with Crippen molar-refractivity contribution in [1.82, 2.24) is 0 Å². The van der Waals surface area contributed by atoms with Crippen molar-refractivity contribution in [3.63, 3.8) is 0 Å². The lowest BCUT2D eigenvalue weighted by molar-refractivity contribution is 0.377. The van der Waals surface area contributed by atoms with Gasteiger partial charge in [0.1, 0.15) is 5.82 Å². The van der Waals surface area contributed by atoms with Crippen LogP contribution >= 0.6 is 0 Å². The molecule has 94 valence electrons. The molecule has 1 aromatic rings. The second kappa shape index (κ2) is 6.01. The number of rotatable bonds is 5. The Labute approximate surface area is 107 Å². The van der Waals surface area contributed by atoms with Gasteiger partial charge in [0.05, 0.1) is 5.76 Å². The van der Waals surface area contributed by atoms with Crippen LogP contribution < -0.4 is 0 Å². The van der Waals surface area contributed by atoms with Crippen LogP contribution in [0.1, 0.15) is 24.0 Å². The van der Waals surface area contributed by atoms with E-state index in [1.807, 2.05) is 0 Å². The van der Waals surface area contributed by atoms with Crippen molar-refractivity contribution in [2.45, 2.75) is 12.8 Å². The number of halogens is 1. The monoisotopic (exact) mass is 244 g/mol. The number of benzene rings is 1. The first-order valence-corrected chi connectivity index (χ1v) is 5.63. The van der Waals surface area contributed by atoms with Crippen molar-refractivity contribution in [2.24, 2.45) is 0 Å². The third kappa shape index (κ3) is 3.20. The molecule has 0 spiro atoms. The molecule has 0 aromatic heterocycles. The van der Waals surface area contributed by atoms with Gasteiger partial charge in [-0.3, -0.25) is 0 Å². The molecule has 0 heterocycles. The van der Waals surface area contributed by atoms with E-state index in [0.29, 0.717) is 16.7 Å². The van der Waals surface area contributed by atoms with Gasteiger partial charge in [0, 0.05) is 11.5 Å². The summed E-state index contributed by atoms with van der Waals surface area (Å²) < 4.78 is 13.9. The fourth-order valence-electron chi connectivity index (χ4n) is 1.53. The van der Waals surface area contributed by atoms with E-state index in [9.17, 15) is 9.50 Å². The molecule has 1 atom stereocenters. The number of allylic oxidation sites excluding steroid dienone is 5. The zero-order valence-corrected chi connectivity index (χ0v) is 10.5. The van der Waals surface area contributed by atoms with Gasteiger partial charge in [-0.15, -0.1) is 0 Å². The molecule has 1 nitrogen and oxygen atoms in total. The van der Waals surface area contributed by atoms with Gasteiger partial charge < -0.3 is 5.11 Å². The minimum absolute atomic E-state index is 0.0209. The van der Waals surface area contributed by atoms with Crippen LogP contribution in [-0.2, 0) is 0 Å². The SMILES string of the molecule is C=C/C=C\C(=C)c1ccc(C(C)C(=C)O)cc1F. The van der Waals surface area contributed by atoms with Crippen molar-refractivity contribution >= 4 is 5.57 Å². The number of hydrogen-bond acceptors (Lipinski definition) is 1. The predicted octanol–water partition coefficient (Wildman–Crippen LogP) is 4.76. The molecule has 0 amide bonds. The molecule has 2 heteroatoms. The minimum Gasteiger partial charge on any atom is -0.512 e. The zero-order valence-electron chi connectivity index (χ0n) is 10.5. The van der Waals surface area contributed by atoms with Gasteiger partial charge in [-0.2, -0.15) is 0 Å². The van der Waals surface area contributed by atoms with Crippen molar-refractivity contribution in [3.8, 4) is 0 Å². The third-order valence-electron chi connectivity index (χ3n) is 2.77. The Kier molecular flexibility index (Phi) is 4.67. The minimum atomic E-state index is -0.362. The predicted molar refractivity (Wildman–Crippen MR) is 75.0 cm³/mol. The Balaban J connectivity index is 3.06. The average molecular weight is 244 g/mol. The Morgan fingerprint density at radius 2 is 2.06 bits per heavy atom. The Morgan fingerprint density at radius 1 is 1.39 bits per heavy atom. The van der Waals surface area contributed by atoms with E-state index in [-0.39, 0.29) is 17.5 Å². The first-order valence-electron chi connectivity index (χ1n) is 5.63. The van der Waals surface area contributed by atoms with Crippen molar-refractivity contribution < 1.29 is 9.50 Å². The van der Waals surface area contributed by atoms with E-state index in [4.69, 9.17) is 0 Å². The summed E-state index contributed by atoms with van der Waals surface area (Å²) in [6, 6.07) is 4.81. The largest absolute Gasteiger partial charge is 0.512 e. The molecule has 0 aliphatic heterocycles.